The molecule has 0 aromatic rings. The standard InChI is InChI=1S/C8H17NO2.C2H4O6S/c1-2-3-4-5-6-7-8-11-9-10;3-1(4)2(5)9(6,7)8/h2-8H2,1H3;2,5H,(H,3,4)(H,6,7,8). The van der Waals surface area contributed by atoms with Crippen molar-refractivity contribution < 1.29 is 32.8 Å². The fraction of sp³-hybridized carbons (Fsp3) is 0.900. The van der Waals surface area contributed by atoms with E-state index >= 15 is 0 Å². The molecule has 0 bridgehead atoms. The van der Waals surface area contributed by atoms with Crippen LogP contribution in [0.1, 0.15) is 45.4 Å². The summed E-state index contributed by atoms with van der Waals surface area (Å²) in [4.78, 5) is 23.3. The van der Waals surface area contributed by atoms with Gasteiger partial charge in [0.25, 0.3) is 5.44 Å². The van der Waals surface area contributed by atoms with Crippen LogP contribution in [0.3, 0.4) is 0 Å². The van der Waals surface area contributed by atoms with Crippen molar-refractivity contribution in [3.05, 3.63) is 4.91 Å². The number of hydrogen-bond donors (Lipinski definition) is 3. The van der Waals surface area contributed by atoms with E-state index in [4.69, 9.17) is 14.8 Å². The van der Waals surface area contributed by atoms with E-state index in [1.807, 2.05) is 0 Å². The third kappa shape index (κ3) is 14.8. The highest BCUT2D eigenvalue weighted by Gasteiger charge is 2.27. The van der Waals surface area contributed by atoms with Crippen LogP contribution in [0.15, 0.2) is 5.34 Å². The second kappa shape index (κ2) is 12.8. The van der Waals surface area contributed by atoms with Crippen LogP contribution in [0.4, 0.5) is 0 Å². The smallest absolute Gasteiger partial charge is 0.351 e. The summed E-state index contributed by atoms with van der Waals surface area (Å²) in [6, 6.07) is 0. The van der Waals surface area contributed by atoms with Crippen molar-refractivity contribution in [1.29, 1.82) is 0 Å². The number of unbranched alkanes of at least 4 members (excludes halogenated alkanes) is 5. The maximum absolute atomic E-state index is 9.70. The molecule has 0 aromatic carbocycles. The highest BCUT2D eigenvalue weighted by molar-refractivity contribution is 7.87. The molecule has 0 aromatic heterocycles. The lowest BCUT2D eigenvalue weighted by Crippen LogP contribution is -2.28. The Bertz CT molecular complexity index is 356. The van der Waals surface area contributed by atoms with Gasteiger partial charge < -0.3 is 15.1 Å². The molecule has 1 atom stereocenters. The molecule has 9 nitrogen and oxygen atoms in total. The summed E-state index contributed by atoms with van der Waals surface area (Å²) >= 11 is 0. The van der Waals surface area contributed by atoms with Crippen LogP contribution in [-0.2, 0) is 19.8 Å². The Morgan fingerprint density at radius 2 is 1.70 bits per heavy atom. The van der Waals surface area contributed by atoms with Crippen LogP contribution in [0.2, 0.25) is 0 Å². The highest BCUT2D eigenvalue weighted by atomic mass is 32.2. The van der Waals surface area contributed by atoms with E-state index in [0.29, 0.717) is 6.61 Å². The molecule has 1 unspecified atom stereocenters. The van der Waals surface area contributed by atoms with E-state index in [0.717, 1.165) is 12.8 Å². The summed E-state index contributed by atoms with van der Waals surface area (Å²) in [6.07, 6.45) is 7.23. The van der Waals surface area contributed by atoms with E-state index in [1.165, 1.54) is 25.7 Å². The number of hydrogen-bond acceptors (Lipinski definition) is 7. The van der Waals surface area contributed by atoms with Crippen molar-refractivity contribution in [3.8, 4) is 0 Å². The van der Waals surface area contributed by atoms with E-state index in [2.05, 4.69) is 17.1 Å². The van der Waals surface area contributed by atoms with Crippen LogP contribution in [0.5, 0.6) is 0 Å². The fourth-order valence-corrected chi connectivity index (χ4v) is 1.37. The first-order chi connectivity index (χ1) is 9.27. The van der Waals surface area contributed by atoms with Crippen LogP contribution < -0.4 is 0 Å². The van der Waals surface area contributed by atoms with E-state index < -0.39 is 21.5 Å². The zero-order valence-electron chi connectivity index (χ0n) is 11.3. The minimum atomic E-state index is -4.85. The van der Waals surface area contributed by atoms with E-state index in [-0.39, 0.29) is 0 Å². The minimum Gasteiger partial charge on any atom is -0.478 e. The van der Waals surface area contributed by atoms with Gasteiger partial charge in [0, 0.05) is 0 Å². The molecule has 0 radical (unpaired) electrons. The first-order valence-electron chi connectivity index (χ1n) is 6.09. The quantitative estimate of drug-likeness (QED) is 0.236. The van der Waals surface area contributed by atoms with E-state index in [1.54, 1.807) is 0 Å². The second-order valence-electron chi connectivity index (χ2n) is 3.88. The molecular weight excluding hydrogens is 294 g/mol. The molecule has 0 saturated carbocycles. The largest absolute Gasteiger partial charge is 0.478 e. The maximum atomic E-state index is 9.70. The second-order valence-corrected chi connectivity index (χ2v) is 5.36. The average Bonchev–Trinajstić information content (AvgIpc) is 2.36. The van der Waals surface area contributed by atoms with Gasteiger partial charge >= 0.3 is 16.1 Å². The third-order valence-corrected chi connectivity index (χ3v) is 2.90. The number of aliphatic hydroxyl groups is 1. The highest BCUT2D eigenvalue weighted by Crippen LogP contribution is 2.04. The number of nitrogens with zero attached hydrogens (tertiary/aromatic N) is 1. The minimum absolute atomic E-state index is 0.482. The van der Waals surface area contributed by atoms with Gasteiger partial charge in [0.2, 0.25) is 0 Å². The summed E-state index contributed by atoms with van der Waals surface area (Å²) in [7, 11) is -4.85. The van der Waals surface area contributed by atoms with Crippen LogP contribution in [0, 0.1) is 4.91 Å². The number of aliphatic hydroxyl groups excluding tert-OH is 1. The summed E-state index contributed by atoms with van der Waals surface area (Å²) in [5.41, 5.74) is -2.74. The Hall–Kier alpha value is -1.26. The Labute approximate surface area is 117 Å². The van der Waals surface area contributed by atoms with Gasteiger partial charge in [0.1, 0.15) is 6.61 Å². The molecule has 0 aliphatic rings. The summed E-state index contributed by atoms with van der Waals surface area (Å²) in [5, 5.41) is 18.1. The lowest BCUT2D eigenvalue weighted by molar-refractivity contribution is -0.142. The summed E-state index contributed by atoms with van der Waals surface area (Å²) < 4.78 is 27.2. The molecule has 0 fully saturated rings. The number of rotatable bonds is 10. The van der Waals surface area contributed by atoms with Crippen LogP contribution in [0.25, 0.3) is 0 Å². The third-order valence-electron chi connectivity index (χ3n) is 2.14. The monoisotopic (exact) mass is 315 g/mol. The summed E-state index contributed by atoms with van der Waals surface area (Å²) in [6.45, 7) is 2.68. The molecular formula is C10H21NO8S. The zero-order valence-corrected chi connectivity index (χ0v) is 12.1. The van der Waals surface area contributed by atoms with Gasteiger partial charge in [-0.3, -0.25) is 4.55 Å². The molecule has 0 spiro atoms. The zero-order chi connectivity index (χ0) is 16.0. The Kier molecular flexibility index (Phi) is 13.4. The number of carboxylic acids is 1. The molecule has 0 amide bonds. The van der Waals surface area contributed by atoms with Gasteiger partial charge in [-0.15, -0.1) is 4.91 Å². The first-order valence-corrected chi connectivity index (χ1v) is 7.59. The normalized spacial score (nSPS) is 11.9. The lowest BCUT2D eigenvalue weighted by Gasteiger charge is -1.97. The van der Waals surface area contributed by atoms with Gasteiger partial charge in [0.15, 0.2) is 5.34 Å². The molecule has 3 N–H and O–H groups in total. The van der Waals surface area contributed by atoms with Crippen molar-refractivity contribution in [1.82, 2.24) is 0 Å². The number of carboxylic acid groups (broad SMARTS) is 1. The molecule has 0 heterocycles. The first kappa shape index (κ1) is 21.0. The molecule has 20 heavy (non-hydrogen) atoms. The summed E-state index contributed by atoms with van der Waals surface area (Å²) in [5.74, 6) is -2.00. The molecule has 0 aliphatic heterocycles. The van der Waals surface area contributed by atoms with Crippen molar-refractivity contribution >= 4 is 16.1 Å². The molecule has 0 aliphatic carbocycles. The van der Waals surface area contributed by atoms with Crippen molar-refractivity contribution in [2.45, 2.75) is 50.9 Å². The van der Waals surface area contributed by atoms with Gasteiger partial charge in [-0.1, -0.05) is 32.6 Å². The predicted molar refractivity (Wildman–Crippen MR) is 70.3 cm³/mol. The Morgan fingerprint density at radius 1 is 1.20 bits per heavy atom. The molecule has 0 saturated heterocycles. The van der Waals surface area contributed by atoms with Crippen molar-refractivity contribution in [2.24, 2.45) is 5.34 Å². The SMILES string of the molecule is CCCCCCCCON=O.O=C(O)C(O)S(=O)(=O)O. The van der Waals surface area contributed by atoms with Gasteiger partial charge in [-0.2, -0.15) is 8.42 Å². The van der Waals surface area contributed by atoms with Gasteiger partial charge in [-0.25, -0.2) is 4.79 Å². The maximum Gasteiger partial charge on any atom is 0.351 e. The molecule has 0 rings (SSSR count). The van der Waals surface area contributed by atoms with Crippen molar-refractivity contribution in [3.63, 3.8) is 0 Å². The molecule has 10 heteroatoms. The topological polar surface area (TPSA) is 151 Å². The number of carbonyl (C=O) groups is 1. The lowest BCUT2D eigenvalue weighted by atomic mass is 10.1. The Balaban J connectivity index is 0. The van der Waals surface area contributed by atoms with Crippen LogP contribution >= 0.6 is 0 Å². The Morgan fingerprint density at radius 3 is 2.05 bits per heavy atom. The fourth-order valence-electron chi connectivity index (χ4n) is 1.11. The van der Waals surface area contributed by atoms with Gasteiger partial charge in [0.05, 0.1) is 0 Å². The van der Waals surface area contributed by atoms with Crippen molar-refractivity contribution in [2.75, 3.05) is 6.61 Å². The van der Waals surface area contributed by atoms with Gasteiger partial charge in [-0.05, 0) is 12.8 Å². The average molecular weight is 315 g/mol. The van der Waals surface area contributed by atoms with E-state index in [9.17, 15) is 18.1 Å². The molecule has 120 valence electrons. The van der Waals surface area contributed by atoms with Crippen LogP contribution in [-0.4, -0.2) is 41.2 Å². The number of aliphatic carboxylic acids is 1. The predicted octanol–water partition coefficient (Wildman–Crippen LogP) is 1.32.